The number of nitrogens with one attached hydrogen (secondary N) is 1. The van der Waals surface area contributed by atoms with Crippen molar-refractivity contribution in [3.8, 4) is 0 Å². The fraction of sp³-hybridized carbons (Fsp3) is 1.00. The summed E-state index contributed by atoms with van der Waals surface area (Å²) in [7, 11) is 0. The third-order valence-corrected chi connectivity index (χ3v) is 5.07. The first-order valence-electron chi connectivity index (χ1n) is 8.17. The average molecular weight is 252 g/mol. The van der Waals surface area contributed by atoms with E-state index in [0.29, 0.717) is 0 Å². The SMILES string of the molecule is CC1CCCCCC1NC1CCN(C(C)C)CC1. The molecular weight excluding hydrogens is 220 g/mol. The van der Waals surface area contributed by atoms with Gasteiger partial charge in [-0.05, 0) is 58.5 Å². The van der Waals surface area contributed by atoms with Crippen LogP contribution in [-0.4, -0.2) is 36.1 Å². The molecule has 0 spiro atoms. The monoisotopic (exact) mass is 252 g/mol. The van der Waals surface area contributed by atoms with E-state index in [1.54, 1.807) is 0 Å². The summed E-state index contributed by atoms with van der Waals surface area (Å²) in [6, 6.07) is 2.30. The quantitative estimate of drug-likeness (QED) is 0.774. The molecule has 0 bridgehead atoms. The lowest BCUT2D eigenvalue weighted by molar-refractivity contribution is 0.150. The summed E-state index contributed by atoms with van der Waals surface area (Å²) in [5.41, 5.74) is 0. The normalized spacial score (nSPS) is 32.7. The molecule has 1 heterocycles. The predicted molar refractivity (Wildman–Crippen MR) is 78.9 cm³/mol. The predicted octanol–water partition coefficient (Wildman–Crippen LogP) is 3.42. The van der Waals surface area contributed by atoms with Crippen LogP contribution >= 0.6 is 0 Å². The highest BCUT2D eigenvalue weighted by Crippen LogP contribution is 2.24. The van der Waals surface area contributed by atoms with Crippen molar-refractivity contribution >= 4 is 0 Å². The summed E-state index contributed by atoms with van der Waals surface area (Å²) in [5.74, 6) is 0.885. The molecule has 1 saturated carbocycles. The average Bonchev–Trinajstić information content (AvgIpc) is 2.56. The molecule has 1 aliphatic heterocycles. The first-order valence-corrected chi connectivity index (χ1v) is 8.17. The number of piperidine rings is 1. The van der Waals surface area contributed by atoms with Crippen molar-refractivity contribution in [2.45, 2.75) is 83.8 Å². The highest BCUT2D eigenvalue weighted by Gasteiger charge is 2.26. The molecule has 0 radical (unpaired) electrons. The van der Waals surface area contributed by atoms with Gasteiger partial charge in [-0.25, -0.2) is 0 Å². The second-order valence-corrected chi connectivity index (χ2v) is 6.79. The summed E-state index contributed by atoms with van der Waals surface area (Å²) in [6.45, 7) is 9.67. The van der Waals surface area contributed by atoms with Crippen molar-refractivity contribution in [2.75, 3.05) is 13.1 Å². The van der Waals surface area contributed by atoms with Gasteiger partial charge in [0, 0.05) is 18.1 Å². The van der Waals surface area contributed by atoms with E-state index in [4.69, 9.17) is 0 Å². The van der Waals surface area contributed by atoms with Gasteiger partial charge in [-0.15, -0.1) is 0 Å². The van der Waals surface area contributed by atoms with Crippen molar-refractivity contribution < 1.29 is 0 Å². The van der Waals surface area contributed by atoms with E-state index in [0.717, 1.165) is 24.0 Å². The molecule has 1 aliphatic carbocycles. The number of hydrogen-bond donors (Lipinski definition) is 1. The zero-order chi connectivity index (χ0) is 13.0. The van der Waals surface area contributed by atoms with Crippen LogP contribution in [-0.2, 0) is 0 Å². The maximum Gasteiger partial charge on any atom is 0.00953 e. The Hall–Kier alpha value is -0.0800. The fourth-order valence-electron chi connectivity index (χ4n) is 3.63. The van der Waals surface area contributed by atoms with Crippen LogP contribution < -0.4 is 5.32 Å². The maximum absolute atomic E-state index is 3.98. The van der Waals surface area contributed by atoms with Gasteiger partial charge in [0.05, 0.1) is 0 Å². The molecule has 2 nitrogen and oxygen atoms in total. The lowest BCUT2D eigenvalue weighted by Crippen LogP contribution is -2.49. The number of likely N-dealkylation sites (tertiary alicyclic amines) is 1. The molecule has 1 saturated heterocycles. The van der Waals surface area contributed by atoms with Crippen LogP contribution in [0.1, 0.15) is 65.7 Å². The Morgan fingerprint density at radius 1 is 0.944 bits per heavy atom. The first kappa shape index (κ1) is 14.3. The zero-order valence-electron chi connectivity index (χ0n) is 12.6. The molecular formula is C16H32N2. The minimum absolute atomic E-state index is 0.725. The van der Waals surface area contributed by atoms with E-state index in [2.05, 4.69) is 31.0 Å². The summed E-state index contributed by atoms with van der Waals surface area (Å²) in [6.07, 6.45) is 9.88. The topological polar surface area (TPSA) is 15.3 Å². The van der Waals surface area contributed by atoms with Crippen LogP contribution in [0.25, 0.3) is 0 Å². The zero-order valence-corrected chi connectivity index (χ0v) is 12.6. The molecule has 2 fully saturated rings. The van der Waals surface area contributed by atoms with Crippen LogP contribution in [0.3, 0.4) is 0 Å². The van der Waals surface area contributed by atoms with Crippen LogP contribution in [0, 0.1) is 5.92 Å². The van der Waals surface area contributed by atoms with Crippen LogP contribution in [0.15, 0.2) is 0 Å². The van der Waals surface area contributed by atoms with Crippen molar-refractivity contribution in [3.63, 3.8) is 0 Å². The summed E-state index contributed by atoms with van der Waals surface area (Å²) >= 11 is 0. The number of hydrogen-bond acceptors (Lipinski definition) is 2. The van der Waals surface area contributed by atoms with Gasteiger partial charge in [0.25, 0.3) is 0 Å². The Morgan fingerprint density at radius 2 is 1.61 bits per heavy atom. The van der Waals surface area contributed by atoms with Gasteiger partial charge in [-0.1, -0.05) is 26.2 Å². The second kappa shape index (κ2) is 6.91. The molecule has 1 N–H and O–H groups in total. The van der Waals surface area contributed by atoms with Gasteiger partial charge in [0.1, 0.15) is 0 Å². The second-order valence-electron chi connectivity index (χ2n) is 6.79. The number of rotatable bonds is 3. The van der Waals surface area contributed by atoms with E-state index < -0.39 is 0 Å². The highest BCUT2D eigenvalue weighted by atomic mass is 15.2. The van der Waals surface area contributed by atoms with Crippen LogP contribution in [0.5, 0.6) is 0 Å². The van der Waals surface area contributed by atoms with Gasteiger partial charge in [0.2, 0.25) is 0 Å². The minimum atomic E-state index is 0.725. The lowest BCUT2D eigenvalue weighted by atomic mass is 9.94. The fourth-order valence-corrected chi connectivity index (χ4v) is 3.63. The number of nitrogens with zero attached hydrogens (tertiary/aromatic N) is 1. The van der Waals surface area contributed by atoms with Crippen LogP contribution in [0.2, 0.25) is 0 Å². The minimum Gasteiger partial charge on any atom is -0.311 e. The molecule has 0 aromatic carbocycles. The van der Waals surface area contributed by atoms with Crippen molar-refractivity contribution in [1.29, 1.82) is 0 Å². The van der Waals surface area contributed by atoms with Crippen molar-refractivity contribution in [1.82, 2.24) is 10.2 Å². The molecule has 0 amide bonds. The molecule has 0 aromatic heterocycles. The molecule has 2 aliphatic rings. The lowest BCUT2D eigenvalue weighted by Gasteiger charge is -2.37. The summed E-state index contributed by atoms with van der Waals surface area (Å²) in [5, 5.41) is 3.98. The van der Waals surface area contributed by atoms with Gasteiger partial charge in [0.15, 0.2) is 0 Å². The Kier molecular flexibility index (Phi) is 5.50. The van der Waals surface area contributed by atoms with E-state index in [-0.39, 0.29) is 0 Å². The van der Waals surface area contributed by atoms with Gasteiger partial charge < -0.3 is 10.2 Å². The standard InChI is InChI=1S/C16H32N2/c1-13(2)18-11-9-15(10-12-18)17-16-8-6-4-5-7-14(16)3/h13-17H,4-12H2,1-3H3. The highest BCUT2D eigenvalue weighted by molar-refractivity contribution is 4.84. The molecule has 2 atom stereocenters. The molecule has 106 valence electrons. The van der Waals surface area contributed by atoms with E-state index in [1.165, 1.54) is 58.0 Å². The van der Waals surface area contributed by atoms with E-state index in [1.807, 2.05) is 0 Å². The third-order valence-electron chi connectivity index (χ3n) is 5.07. The molecule has 0 aromatic rings. The van der Waals surface area contributed by atoms with Crippen molar-refractivity contribution in [2.24, 2.45) is 5.92 Å². The largest absolute Gasteiger partial charge is 0.311 e. The van der Waals surface area contributed by atoms with Gasteiger partial charge in [-0.2, -0.15) is 0 Å². The Bertz CT molecular complexity index is 231. The molecule has 18 heavy (non-hydrogen) atoms. The summed E-state index contributed by atoms with van der Waals surface area (Å²) in [4.78, 5) is 2.62. The Morgan fingerprint density at radius 3 is 2.28 bits per heavy atom. The Labute approximate surface area is 114 Å². The van der Waals surface area contributed by atoms with E-state index >= 15 is 0 Å². The Balaban J connectivity index is 1.76. The first-order chi connectivity index (χ1) is 8.66. The van der Waals surface area contributed by atoms with Gasteiger partial charge >= 0.3 is 0 Å². The van der Waals surface area contributed by atoms with Crippen LogP contribution in [0.4, 0.5) is 0 Å². The maximum atomic E-state index is 3.98. The van der Waals surface area contributed by atoms with E-state index in [9.17, 15) is 0 Å². The van der Waals surface area contributed by atoms with Crippen molar-refractivity contribution in [3.05, 3.63) is 0 Å². The molecule has 2 heteroatoms. The smallest absolute Gasteiger partial charge is 0.00953 e. The molecule has 2 unspecified atom stereocenters. The van der Waals surface area contributed by atoms with Gasteiger partial charge in [-0.3, -0.25) is 0 Å². The summed E-state index contributed by atoms with van der Waals surface area (Å²) < 4.78 is 0. The molecule has 2 rings (SSSR count). The third kappa shape index (κ3) is 3.96.